The molecular weight excluding hydrogens is 381 g/mol. The molecule has 0 amide bonds. The number of hydrogen-bond donors (Lipinski definition) is 1. The predicted molar refractivity (Wildman–Crippen MR) is 78.3 cm³/mol. The second-order valence-electron chi connectivity index (χ2n) is 4.62. The Morgan fingerprint density at radius 1 is 1.37 bits per heavy atom. The summed E-state index contributed by atoms with van der Waals surface area (Å²) in [6.45, 7) is 2.02. The summed E-state index contributed by atoms with van der Waals surface area (Å²) in [4.78, 5) is 11.4. The van der Waals surface area contributed by atoms with Gasteiger partial charge in [-0.25, -0.2) is 8.42 Å². The SMILES string of the molecule is CC1CCN(S(=O)(=O)c2ccc(I)cc2)C1C(=O)O. The zero-order valence-electron chi connectivity index (χ0n) is 10.3. The zero-order chi connectivity index (χ0) is 14.2. The van der Waals surface area contributed by atoms with Crippen molar-refractivity contribution >= 4 is 38.6 Å². The molecule has 19 heavy (non-hydrogen) atoms. The van der Waals surface area contributed by atoms with E-state index in [-0.39, 0.29) is 17.4 Å². The lowest BCUT2D eigenvalue weighted by Gasteiger charge is -2.22. The van der Waals surface area contributed by atoms with Crippen LogP contribution in [0.25, 0.3) is 0 Å². The summed E-state index contributed by atoms with van der Waals surface area (Å²) in [6, 6.07) is 5.45. The Bertz CT molecular complexity index is 584. The third-order valence-corrected chi connectivity index (χ3v) is 5.94. The molecule has 1 fully saturated rings. The van der Waals surface area contributed by atoms with E-state index in [1.807, 2.05) is 0 Å². The van der Waals surface area contributed by atoms with E-state index in [0.717, 1.165) is 7.88 Å². The number of halogens is 1. The maximum Gasteiger partial charge on any atom is 0.322 e. The Hall–Kier alpha value is -0.670. The minimum atomic E-state index is -3.73. The molecule has 1 aliphatic rings. The van der Waals surface area contributed by atoms with Crippen LogP contribution in [0.2, 0.25) is 0 Å². The maximum atomic E-state index is 12.5. The Kier molecular flexibility index (Phi) is 4.17. The maximum absolute atomic E-state index is 12.5. The number of sulfonamides is 1. The van der Waals surface area contributed by atoms with Gasteiger partial charge in [0, 0.05) is 10.1 Å². The van der Waals surface area contributed by atoms with Crippen molar-refractivity contribution in [3.63, 3.8) is 0 Å². The van der Waals surface area contributed by atoms with Crippen LogP contribution >= 0.6 is 22.6 Å². The van der Waals surface area contributed by atoms with Crippen molar-refractivity contribution in [2.24, 2.45) is 5.92 Å². The lowest BCUT2D eigenvalue weighted by atomic mass is 10.0. The van der Waals surface area contributed by atoms with Crippen molar-refractivity contribution in [2.75, 3.05) is 6.54 Å². The van der Waals surface area contributed by atoms with Crippen LogP contribution in [-0.4, -0.2) is 36.4 Å². The quantitative estimate of drug-likeness (QED) is 0.792. The van der Waals surface area contributed by atoms with Gasteiger partial charge in [-0.15, -0.1) is 0 Å². The van der Waals surface area contributed by atoms with Gasteiger partial charge in [0.1, 0.15) is 6.04 Å². The lowest BCUT2D eigenvalue weighted by Crippen LogP contribution is -2.42. The monoisotopic (exact) mass is 395 g/mol. The van der Waals surface area contributed by atoms with Crippen molar-refractivity contribution in [1.82, 2.24) is 4.31 Å². The van der Waals surface area contributed by atoms with E-state index >= 15 is 0 Å². The van der Waals surface area contributed by atoms with Gasteiger partial charge in [0.2, 0.25) is 10.0 Å². The van der Waals surface area contributed by atoms with Crippen LogP contribution in [0.15, 0.2) is 29.2 Å². The smallest absolute Gasteiger partial charge is 0.322 e. The number of aliphatic carboxylic acids is 1. The zero-order valence-corrected chi connectivity index (χ0v) is 13.3. The fraction of sp³-hybridized carbons (Fsp3) is 0.417. The molecule has 0 radical (unpaired) electrons. The highest BCUT2D eigenvalue weighted by atomic mass is 127. The highest BCUT2D eigenvalue weighted by molar-refractivity contribution is 14.1. The van der Waals surface area contributed by atoms with Crippen LogP contribution in [0, 0.1) is 9.49 Å². The average Bonchev–Trinajstić information content (AvgIpc) is 2.72. The molecule has 1 aliphatic heterocycles. The summed E-state index contributed by atoms with van der Waals surface area (Å²) in [6.07, 6.45) is 0.570. The fourth-order valence-electron chi connectivity index (χ4n) is 2.29. The molecule has 0 bridgehead atoms. The molecule has 1 heterocycles. The highest BCUT2D eigenvalue weighted by Crippen LogP contribution is 2.30. The van der Waals surface area contributed by atoms with E-state index in [2.05, 4.69) is 22.6 Å². The number of carbonyl (C=O) groups is 1. The van der Waals surface area contributed by atoms with E-state index in [9.17, 15) is 18.3 Å². The molecule has 2 unspecified atom stereocenters. The van der Waals surface area contributed by atoms with Crippen molar-refractivity contribution < 1.29 is 18.3 Å². The molecule has 0 aromatic heterocycles. The molecule has 1 saturated heterocycles. The van der Waals surface area contributed by atoms with Crippen LogP contribution in [-0.2, 0) is 14.8 Å². The van der Waals surface area contributed by atoms with Gasteiger partial charge in [0.15, 0.2) is 0 Å². The first-order chi connectivity index (χ1) is 8.84. The summed E-state index contributed by atoms with van der Waals surface area (Å²) in [5.74, 6) is -1.25. The predicted octanol–water partition coefficient (Wildman–Crippen LogP) is 1.77. The van der Waals surface area contributed by atoms with Gasteiger partial charge in [-0.1, -0.05) is 6.92 Å². The van der Waals surface area contributed by atoms with Gasteiger partial charge in [-0.2, -0.15) is 4.31 Å². The van der Waals surface area contributed by atoms with Gasteiger partial charge in [0.25, 0.3) is 0 Å². The molecule has 1 aromatic carbocycles. The van der Waals surface area contributed by atoms with Gasteiger partial charge in [-0.05, 0) is 59.2 Å². The minimum absolute atomic E-state index is 0.147. The number of carboxylic acid groups (broad SMARTS) is 1. The summed E-state index contributed by atoms with van der Waals surface area (Å²) in [5, 5.41) is 9.20. The first kappa shape index (κ1) is 14.7. The van der Waals surface area contributed by atoms with Gasteiger partial charge in [0.05, 0.1) is 4.90 Å². The second-order valence-corrected chi connectivity index (χ2v) is 7.75. The molecule has 1 aromatic rings. The summed E-state index contributed by atoms with van der Waals surface area (Å²) in [5.41, 5.74) is 0. The van der Waals surface area contributed by atoms with Gasteiger partial charge in [-0.3, -0.25) is 4.79 Å². The number of hydrogen-bond acceptors (Lipinski definition) is 3. The molecule has 104 valence electrons. The van der Waals surface area contributed by atoms with Crippen LogP contribution < -0.4 is 0 Å². The normalized spacial score (nSPS) is 24.5. The van der Waals surface area contributed by atoms with E-state index in [1.165, 1.54) is 12.1 Å². The van der Waals surface area contributed by atoms with E-state index < -0.39 is 22.0 Å². The molecule has 2 atom stereocenters. The van der Waals surface area contributed by atoms with Crippen molar-refractivity contribution in [3.05, 3.63) is 27.8 Å². The topological polar surface area (TPSA) is 74.7 Å². The fourth-order valence-corrected chi connectivity index (χ4v) is 4.34. The summed E-state index contributed by atoms with van der Waals surface area (Å²) < 4.78 is 27.0. The van der Waals surface area contributed by atoms with Gasteiger partial charge >= 0.3 is 5.97 Å². The molecule has 7 heteroatoms. The lowest BCUT2D eigenvalue weighted by molar-refractivity contribution is -0.141. The first-order valence-corrected chi connectivity index (χ1v) is 8.36. The molecule has 0 spiro atoms. The number of carboxylic acids is 1. The average molecular weight is 395 g/mol. The van der Waals surface area contributed by atoms with Crippen LogP contribution in [0.1, 0.15) is 13.3 Å². The molecule has 0 aliphatic carbocycles. The third kappa shape index (κ3) is 2.77. The molecule has 1 N–H and O–H groups in total. The Balaban J connectivity index is 2.39. The van der Waals surface area contributed by atoms with E-state index in [4.69, 9.17) is 0 Å². The second kappa shape index (κ2) is 5.37. The van der Waals surface area contributed by atoms with E-state index in [0.29, 0.717) is 6.42 Å². The number of nitrogens with zero attached hydrogens (tertiary/aromatic N) is 1. The van der Waals surface area contributed by atoms with Crippen molar-refractivity contribution in [1.29, 1.82) is 0 Å². The minimum Gasteiger partial charge on any atom is -0.480 e. The van der Waals surface area contributed by atoms with Crippen molar-refractivity contribution in [2.45, 2.75) is 24.3 Å². The largest absolute Gasteiger partial charge is 0.480 e. The molecule has 0 saturated carbocycles. The van der Waals surface area contributed by atoms with Gasteiger partial charge < -0.3 is 5.11 Å². The Morgan fingerprint density at radius 3 is 2.47 bits per heavy atom. The Labute approximate surface area is 125 Å². The summed E-state index contributed by atoms with van der Waals surface area (Å²) in [7, 11) is -3.73. The highest BCUT2D eigenvalue weighted by Gasteiger charge is 2.43. The number of benzene rings is 1. The van der Waals surface area contributed by atoms with E-state index in [1.54, 1.807) is 19.1 Å². The first-order valence-electron chi connectivity index (χ1n) is 5.84. The summed E-state index contributed by atoms with van der Waals surface area (Å²) >= 11 is 2.09. The third-order valence-electron chi connectivity index (χ3n) is 3.33. The molecular formula is C12H14INO4S. The van der Waals surface area contributed by atoms with Crippen LogP contribution in [0.4, 0.5) is 0 Å². The van der Waals surface area contributed by atoms with Crippen molar-refractivity contribution in [3.8, 4) is 0 Å². The van der Waals surface area contributed by atoms with Crippen LogP contribution in [0.3, 0.4) is 0 Å². The standard InChI is InChI=1S/C12H14INO4S/c1-8-6-7-14(11(8)12(15)16)19(17,18)10-4-2-9(13)3-5-10/h2-5,8,11H,6-7H2,1H3,(H,15,16). The molecule has 5 nitrogen and oxygen atoms in total. The molecule has 2 rings (SSSR count). The van der Waals surface area contributed by atoms with Crippen LogP contribution in [0.5, 0.6) is 0 Å². The Morgan fingerprint density at radius 2 is 1.95 bits per heavy atom. The number of rotatable bonds is 3.